The van der Waals surface area contributed by atoms with E-state index < -0.39 is 0 Å². The maximum Gasteiger partial charge on any atom is 0.140 e. The van der Waals surface area contributed by atoms with Gasteiger partial charge in [-0.2, -0.15) is 0 Å². The molecule has 18 heavy (non-hydrogen) atoms. The predicted octanol–water partition coefficient (Wildman–Crippen LogP) is 4.72. The molecule has 91 valence electrons. The van der Waals surface area contributed by atoms with Crippen molar-refractivity contribution in [2.75, 3.05) is 0 Å². The van der Waals surface area contributed by atoms with Crippen molar-refractivity contribution < 1.29 is 4.74 Å². The lowest BCUT2D eigenvalue weighted by molar-refractivity contribution is 0.436. The van der Waals surface area contributed by atoms with Crippen LogP contribution in [0.2, 0.25) is 5.02 Å². The van der Waals surface area contributed by atoms with Gasteiger partial charge in [-0.3, -0.25) is 0 Å². The molecule has 0 bridgehead atoms. The zero-order valence-electron chi connectivity index (χ0n) is 10.5. The van der Waals surface area contributed by atoms with E-state index in [9.17, 15) is 0 Å². The second kappa shape index (κ2) is 4.33. The number of halogens is 1. The molecule has 0 aromatic heterocycles. The highest BCUT2D eigenvalue weighted by atomic mass is 35.5. The van der Waals surface area contributed by atoms with Gasteiger partial charge in [0.15, 0.2) is 0 Å². The Labute approximate surface area is 112 Å². The first-order chi connectivity index (χ1) is 8.66. The molecule has 0 aliphatic carbocycles. The minimum absolute atomic E-state index is 0.767. The molecular weight excluding hydrogens is 244 g/mol. The van der Waals surface area contributed by atoms with Crippen LogP contribution in [0, 0.1) is 20.5 Å². The summed E-state index contributed by atoms with van der Waals surface area (Å²) in [6, 6.07) is 10.3. The first-order valence-corrected chi connectivity index (χ1v) is 6.42. The molecule has 0 saturated heterocycles. The Bertz CT molecular complexity index is 617. The number of fused-ring (bicyclic) bond motifs is 1. The third-order valence-electron chi connectivity index (χ3n) is 3.53. The molecule has 2 aromatic rings. The molecule has 0 N–H and O–H groups in total. The van der Waals surface area contributed by atoms with Gasteiger partial charge in [0, 0.05) is 22.6 Å². The van der Waals surface area contributed by atoms with Crippen LogP contribution in [-0.2, 0) is 6.42 Å². The van der Waals surface area contributed by atoms with Gasteiger partial charge in [0.2, 0.25) is 0 Å². The highest BCUT2D eigenvalue weighted by molar-refractivity contribution is 6.31. The largest absolute Gasteiger partial charge is 0.485 e. The van der Waals surface area contributed by atoms with Crippen molar-refractivity contribution in [3.8, 4) is 16.9 Å². The SMILES string of the molecule is Cc1cccc(-c2cc(Cl)cc3c2O[CH]C3)c1C. The topological polar surface area (TPSA) is 9.23 Å². The molecular formula is C16H14ClO. The van der Waals surface area contributed by atoms with Crippen LogP contribution in [-0.4, -0.2) is 0 Å². The number of aryl methyl sites for hydroxylation is 1. The van der Waals surface area contributed by atoms with Gasteiger partial charge >= 0.3 is 0 Å². The van der Waals surface area contributed by atoms with Crippen LogP contribution in [0.1, 0.15) is 16.7 Å². The first kappa shape index (κ1) is 11.6. The van der Waals surface area contributed by atoms with Crippen molar-refractivity contribution in [3.63, 3.8) is 0 Å². The summed E-state index contributed by atoms with van der Waals surface area (Å²) in [6.45, 7) is 6.09. The molecule has 1 aliphatic rings. The Morgan fingerprint density at radius 2 is 1.94 bits per heavy atom. The Hall–Kier alpha value is -1.47. The summed E-state index contributed by atoms with van der Waals surface area (Å²) in [5.41, 5.74) is 6.01. The minimum atomic E-state index is 0.767. The van der Waals surface area contributed by atoms with Gasteiger partial charge in [0.05, 0.1) is 0 Å². The lowest BCUT2D eigenvalue weighted by Gasteiger charge is -2.13. The molecule has 1 aliphatic heterocycles. The van der Waals surface area contributed by atoms with E-state index in [1.54, 1.807) is 0 Å². The van der Waals surface area contributed by atoms with Crippen LogP contribution in [0.25, 0.3) is 11.1 Å². The summed E-state index contributed by atoms with van der Waals surface area (Å²) >= 11 is 6.20. The Balaban J connectivity index is 2.26. The van der Waals surface area contributed by atoms with Crippen molar-refractivity contribution in [2.45, 2.75) is 20.3 Å². The monoisotopic (exact) mass is 257 g/mol. The molecule has 1 nitrogen and oxygen atoms in total. The van der Waals surface area contributed by atoms with E-state index in [1.165, 1.54) is 22.3 Å². The smallest absolute Gasteiger partial charge is 0.140 e. The Morgan fingerprint density at radius 3 is 2.78 bits per heavy atom. The van der Waals surface area contributed by atoms with Crippen LogP contribution >= 0.6 is 11.6 Å². The van der Waals surface area contributed by atoms with E-state index >= 15 is 0 Å². The van der Waals surface area contributed by atoms with E-state index in [4.69, 9.17) is 16.3 Å². The third-order valence-corrected chi connectivity index (χ3v) is 3.75. The highest BCUT2D eigenvalue weighted by Crippen LogP contribution is 2.41. The van der Waals surface area contributed by atoms with E-state index in [-0.39, 0.29) is 0 Å². The molecule has 0 atom stereocenters. The Morgan fingerprint density at radius 1 is 1.11 bits per heavy atom. The number of hydrogen-bond donors (Lipinski definition) is 0. The molecule has 0 saturated carbocycles. The van der Waals surface area contributed by atoms with E-state index in [0.717, 1.165) is 22.8 Å². The summed E-state index contributed by atoms with van der Waals surface area (Å²) in [5.74, 6) is 0.952. The zero-order valence-corrected chi connectivity index (χ0v) is 11.2. The van der Waals surface area contributed by atoms with Gasteiger partial charge in [-0.15, -0.1) is 0 Å². The van der Waals surface area contributed by atoms with Gasteiger partial charge in [-0.25, -0.2) is 0 Å². The number of hydrogen-bond acceptors (Lipinski definition) is 1. The second-order valence-electron chi connectivity index (χ2n) is 4.68. The lowest BCUT2D eigenvalue weighted by atomic mass is 9.95. The van der Waals surface area contributed by atoms with E-state index in [0.29, 0.717) is 0 Å². The lowest BCUT2D eigenvalue weighted by Crippen LogP contribution is -1.90. The average molecular weight is 258 g/mol. The summed E-state index contributed by atoms with van der Waals surface area (Å²) in [5, 5.41) is 0.767. The number of ether oxygens (including phenoxy) is 1. The number of rotatable bonds is 1. The normalized spacial score (nSPS) is 13.3. The molecule has 0 unspecified atom stereocenters. The average Bonchev–Trinajstić information content (AvgIpc) is 2.79. The zero-order chi connectivity index (χ0) is 12.7. The predicted molar refractivity (Wildman–Crippen MR) is 75.0 cm³/mol. The molecule has 3 rings (SSSR count). The second-order valence-corrected chi connectivity index (χ2v) is 5.11. The van der Waals surface area contributed by atoms with Crippen molar-refractivity contribution >= 4 is 11.6 Å². The van der Waals surface area contributed by atoms with Crippen LogP contribution in [0.3, 0.4) is 0 Å². The first-order valence-electron chi connectivity index (χ1n) is 6.04. The molecule has 0 fully saturated rings. The third kappa shape index (κ3) is 1.79. The summed E-state index contributed by atoms with van der Waals surface area (Å²) < 4.78 is 5.65. The standard InChI is InChI=1S/C16H14ClO/c1-10-4-3-5-14(11(10)2)15-9-13(17)8-12-6-7-18-16(12)15/h3-5,7-9H,6H2,1-2H3. The molecule has 2 aromatic carbocycles. The van der Waals surface area contributed by atoms with Gasteiger partial charge in [0.25, 0.3) is 0 Å². The fraction of sp³-hybridized carbons (Fsp3) is 0.188. The fourth-order valence-electron chi connectivity index (χ4n) is 2.40. The van der Waals surface area contributed by atoms with Gasteiger partial charge in [-0.05, 0) is 42.7 Å². The van der Waals surface area contributed by atoms with Gasteiger partial charge in [-0.1, -0.05) is 29.8 Å². The Kier molecular flexibility index (Phi) is 2.79. The van der Waals surface area contributed by atoms with Crippen LogP contribution in [0.15, 0.2) is 30.3 Å². The van der Waals surface area contributed by atoms with Gasteiger partial charge < -0.3 is 4.74 Å². The fourth-order valence-corrected chi connectivity index (χ4v) is 2.64. The maximum atomic E-state index is 6.20. The summed E-state index contributed by atoms with van der Waals surface area (Å²) in [7, 11) is 0. The summed E-state index contributed by atoms with van der Waals surface area (Å²) in [6.07, 6.45) is 0.827. The molecule has 0 amide bonds. The van der Waals surface area contributed by atoms with Crippen LogP contribution in [0.5, 0.6) is 5.75 Å². The van der Waals surface area contributed by atoms with Crippen molar-refractivity contribution in [1.82, 2.24) is 0 Å². The van der Waals surface area contributed by atoms with Crippen molar-refractivity contribution in [3.05, 3.63) is 58.7 Å². The van der Waals surface area contributed by atoms with Crippen LogP contribution in [0.4, 0.5) is 0 Å². The van der Waals surface area contributed by atoms with Crippen molar-refractivity contribution in [1.29, 1.82) is 0 Å². The molecule has 1 radical (unpaired) electrons. The maximum absolute atomic E-state index is 6.20. The molecule has 2 heteroatoms. The van der Waals surface area contributed by atoms with E-state index in [1.807, 2.05) is 18.7 Å². The van der Waals surface area contributed by atoms with Crippen molar-refractivity contribution in [2.24, 2.45) is 0 Å². The quantitative estimate of drug-likeness (QED) is 0.718. The minimum Gasteiger partial charge on any atom is -0.485 e. The molecule has 0 spiro atoms. The van der Waals surface area contributed by atoms with Crippen LogP contribution < -0.4 is 4.74 Å². The van der Waals surface area contributed by atoms with E-state index in [2.05, 4.69) is 32.0 Å². The highest BCUT2D eigenvalue weighted by Gasteiger charge is 2.20. The summed E-state index contributed by atoms with van der Waals surface area (Å²) in [4.78, 5) is 0. The van der Waals surface area contributed by atoms with Gasteiger partial charge in [0.1, 0.15) is 12.4 Å². The molecule has 1 heterocycles. The number of benzene rings is 2.